The molecular formula is C14H8F2N4O4. The zero-order chi connectivity index (χ0) is 17.9. The van der Waals surface area contributed by atoms with Crippen LogP contribution in [0.3, 0.4) is 0 Å². The van der Waals surface area contributed by atoms with Gasteiger partial charge in [0.25, 0.3) is 11.2 Å². The van der Waals surface area contributed by atoms with Crippen molar-refractivity contribution in [2.75, 3.05) is 5.32 Å². The molecule has 10 heteroatoms. The highest BCUT2D eigenvalue weighted by atomic mass is 19.1. The molecule has 0 saturated heterocycles. The second kappa shape index (κ2) is 6.66. The number of para-hydroxylation sites is 1. The highest BCUT2D eigenvalue weighted by Crippen LogP contribution is 2.18. The van der Waals surface area contributed by atoms with Gasteiger partial charge in [-0.2, -0.15) is 5.26 Å². The fraction of sp³-hybridized carbons (Fsp3) is 0.0714. The van der Waals surface area contributed by atoms with Crippen molar-refractivity contribution in [3.8, 4) is 6.07 Å². The summed E-state index contributed by atoms with van der Waals surface area (Å²) in [6.45, 7) is -0.761. The van der Waals surface area contributed by atoms with Crippen molar-refractivity contribution in [2.45, 2.75) is 6.54 Å². The van der Waals surface area contributed by atoms with Crippen LogP contribution in [0.15, 0.2) is 35.3 Å². The van der Waals surface area contributed by atoms with Gasteiger partial charge in [-0.25, -0.2) is 8.78 Å². The summed E-state index contributed by atoms with van der Waals surface area (Å²) >= 11 is 0. The summed E-state index contributed by atoms with van der Waals surface area (Å²) < 4.78 is 27.5. The van der Waals surface area contributed by atoms with Gasteiger partial charge < -0.3 is 5.32 Å². The van der Waals surface area contributed by atoms with Gasteiger partial charge in [-0.3, -0.25) is 24.3 Å². The molecule has 1 N–H and O–H groups in total. The van der Waals surface area contributed by atoms with Crippen molar-refractivity contribution in [1.82, 2.24) is 4.57 Å². The minimum atomic E-state index is -1.02. The molecule has 0 unspecified atom stereocenters. The van der Waals surface area contributed by atoms with E-state index in [2.05, 4.69) is 0 Å². The number of aromatic nitrogens is 1. The number of amides is 1. The van der Waals surface area contributed by atoms with Crippen LogP contribution in [0.4, 0.5) is 20.2 Å². The second-order valence-electron chi connectivity index (χ2n) is 4.56. The van der Waals surface area contributed by atoms with E-state index in [0.717, 1.165) is 30.5 Å². The molecule has 0 bridgehead atoms. The predicted octanol–water partition coefficient (Wildman–Crippen LogP) is 1.55. The van der Waals surface area contributed by atoms with Crippen molar-refractivity contribution in [3.05, 3.63) is 68.1 Å². The van der Waals surface area contributed by atoms with E-state index in [1.807, 2.05) is 5.32 Å². The van der Waals surface area contributed by atoms with E-state index in [4.69, 9.17) is 5.26 Å². The van der Waals surface area contributed by atoms with Gasteiger partial charge in [0.15, 0.2) is 0 Å². The Hall–Kier alpha value is -3.61. The Labute approximate surface area is 132 Å². The van der Waals surface area contributed by atoms with E-state index in [1.165, 1.54) is 6.07 Å². The van der Waals surface area contributed by atoms with Gasteiger partial charge in [0, 0.05) is 6.07 Å². The van der Waals surface area contributed by atoms with E-state index in [-0.39, 0.29) is 0 Å². The van der Waals surface area contributed by atoms with Gasteiger partial charge >= 0.3 is 0 Å². The summed E-state index contributed by atoms with van der Waals surface area (Å²) in [4.78, 5) is 33.7. The number of nitrogens with one attached hydrogen (secondary N) is 1. The van der Waals surface area contributed by atoms with E-state index >= 15 is 0 Å². The lowest BCUT2D eigenvalue weighted by atomic mass is 10.2. The highest BCUT2D eigenvalue weighted by Gasteiger charge is 2.17. The lowest BCUT2D eigenvalue weighted by Crippen LogP contribution is -2.29. The minimum absolute atomic E-state index is 0.533. The molecule has 0 spiro atoms. The number of carbonyl (C=O) groups excluding carboxylic acids is 1. The zero-order valence-corrected chi connectivity index (χ0v) is 11.8. The molecule has 1 amide bonds. The number of hydrogen-bond donors (Lipinski definition) is 1. The first kappa shape index (κ1) is 16.8. The molecule has 0 aliphatic heterocycles. The van der Waals surface area contributed by atoms with Crippen molar-refractivity contribution in [1.29, 1.82) is 5.26 Å². The molecule has 122 valence electrons. The third-order valence-electron chi connectivity index (χ3n) is 2.94. The van der Waals surface area contributed by atoms with E-state index < -0.39 is 51.5 Å². The number of nitro groups is 1. The van der Waals surface area contributed by atoms with Crippen LogP contribution >= 0.6 is 0 Å². The molecule has 0 radical (unpaired) electrons. The summed E-state index contributed by atoms with van der Waals surface area (Å²) in [5.41, 5.74) is -2.75. The van der Waals surface area contributed by atoms with Crippen molar-refractivity contribution in [3.63, 3.8) is 0 Å². The smallest absolute Gasteiger partial charge is 0.287 e. The van der Waals surface area contributed by atoms with Crippen LogP contribution in [0.2, 0.25) is 0 Å². The SMILES string of the molecule is N#Cc1cc([N+](=O)[O-])cn(CC(=O)Nc2c(F)cccc2F)c1=O. The molecule has 0 saturated carbocycles. The Kier molecular flexibility index (Phi) is 4.65. The third kappa shape index (κ3) is 3.41. The van der Waals surface area contributed by atoms with E-state index in [1.54, 1.807) is 0 Å². The van der Waals surface area contributed by atoms with Crippen LogP contribution in [0.1, 0.15) is 5.56 Å². The van der Waals surface area contributed by atoms with Crippen LogP contribution in [0, 0.1) is 33.1 Å². The summed E-state index contributed by atoms with van der Waals surface area (Å²) in [7, 11) is 0. The number of carbonyl (C=O) groups is 1. The Morgan fingerprint density at radius 1 is 1.38 bits per heavy atom. The zero-order valence-electron chi connectivity index (χ0n) is 11.8. The first-order valence-corrected chi connectivity index (χ1v) is 6.36. The minimum Gasteiger partial charge on any atom is -0.320 e. The van der Waals surface area contributed by atoms with Gasteiger partial charge in [-0.1, -0.05) is 6.07 Å². The Balaban J connectivity index is 2.33. The number of anilines is 1. The topological polar surface area (TPSA) is 118 Å². The predicted molar refractivity (Wildman–Crippen MR) is 77.1 cm³/mol. The van der Waals surface area contributed by atoms with Gasteiger partial charge in [0.1, 0.15) is 35.5 Å². The molecular weight excluding hydrogens is 326 g/mol. The van der Waals surface area contributed by atoms with Gasteiger partial charge in [-0.05, 0) is 12.1 Å². The summed E-state index contributed by atoms with van der Waals surface area (Å²) in [5, 5.41) is 21.5. The molecule has 2 rings (SSSR count). The van der Waals surface area contributed by atoms with E-state index in [0.29, 0.717) is 4.57 Å². The Morgan fingerprint density at radius 2 is 2.00 bits per heavy atom. The van der Waals surface area contributed by atoms with Crippen molar-refractivity contribution >= 4 is 17.3 Å². The second-order valence-corrected chi connectivity index (χ2v) is 4.56. The maximum Gasteiger partial charge on any atom is 0.287 e. The normalized spacial score (nSPS) is 10.0. The molecule has 0 atom stereocenters. The molecule has 0 aliphatic rings. The number of pyridine rings is 1. The summed E-state index contributed by atoms with van der Waals surface area (Å²) in [5.74, 6) is -3.04. The standard InChI is InChI=1S/C14H8F2N4O4/c15-10-2-1-3-11(16)13(10)18-12(21)7-19-6-9(20(23)24)4-8(5-17)14(19)22/h1-4,6H,7H2,(H,18,21). The number of hydrogen-bond acceptors (Lipinski definition) is 5. The molecule has 0 fully saturated rings. The van der Waals surface area contributed by atoms with Crippen molar-refractivity contribution < 1.29 is 18.5 Å². The Morgan fingerprint density at radius 3 is 2.54 bits per heavy atom. The lowest BCUT2D eigenvalue weighted by molar-refractivity contribution is -0.385. The van der Waals surface area contributed by atoms with Gasteiger partial charge in [0.05, 0.1) is 11.1 Å². The van der Waals surface area contributed by atoms with Gasteiger partial charge in [0.2, 0.25) is 5.91 Å². The average molecular weight is 334 g/mol. The first-order valence-electron chi connectivity index (χ1n) is 6.36. The summed E-state index contributed by atoms with van der Waals surface area (Å²) in [6, 6.07) is 5.20. The highest BCUT2D eigenvalue weighted by molar-refractivity contribution is 5.90. The number of nitrogens with zero attached hydrogens (tertiary/aromatic N) is 3. The van der Waals surface area contributed by atoms with Gasteiger partial charge in [-0.15, -0.1) is 0 Å². The average Bonchev–Trinajstić information content (AvgIpc) is 2.52. The maximum absolute atomic E-state index is 13.5. The monoisotopic (exact) mass is 334 g/mol. The third-order valence-corrected chi connectivity index (χ3v) is 2.94. The molecule has 8 nitrogen and oxygen atoms in total. The molecule has 1 heterocycles. The summed E-state index contributed by atoms with van der Waals surface area (Å²) in [6.07, 6.45) is 0.764. The van der Waals surface area contributed by atoms with Crippen LogP contribution in [0.25, 0.3) is 0 Å². The number of rotatable bonds is 4. The van der Waals surface area contributed by atoms with Crippen LogP contribution in [-0.2, 0) is 11.3 Å². The fourth-order valence-corrected chi connectivity index (χ4v) is 1.87. The molecule has 24 heavy (non-hydrogen) atoms. The first-order chi connectivity index (χ1) is 11.3. The van der Waals surface area contributed by atoms with Crippen LogP contribution < -0.4 is 10.9 Å². The lowest BCUT2D eigenvalue weighted by Gasteiger charge is -2.09. The Bertz CT molecular complexity index is 913. The maximum atomic E-state index is 13.5. The number of halogens is 2. The molecule has 1 aromatic carbocycles. The van der Waals surface area contributed by atoms with E-state index in [9.17, 15) is 28.5 Å². The molecule has 2 aromatic rings. The quantitative estimate of drug-likeness (QED) is 0.672. The molecule has 0 aliphatic carbocycles. The largest absolute Gasteiger partial charge is 0.320 e. The molecule has 1 aromatic heterocycles. The van der Waals surface area contributed by atoms with Crippen LogP contribution in [0.5, 0.6) is 0 Å². The number of nitriles is 1. The number of benzene rings is 1. The van der Waals surface area contributed by atoms with Crippen LogP contribution in [-0.4, -0.2) is 15.4 Å². The fourth-order valence-electron chi connectivity index (χ4n) is 1.87. The van der Waals surface area contributed by atoms with Crippen molar-refractivity contribution in [2.24, 2.45) is 0 Å².